The van der Waals surface area contributed by atoms with Gasteiger partial charge in [0.15, 0.2) is 5.78 Å². The second-order valence-corrected chi connectivity index (χ2v) is 5.72. The number of hydrogen-bond donors (Lipinski definition) is 1. The van der Waals surface area contributed by atoms with Gasteiger partial charge in [-0.3, -0.25) is 4.79 Å². The van der Waals surface area contributed by atoms with Gasteiger partial charge in [0.05, 0.1) is 22.8 Å². The van der Waals surface area contributed by atoms with Gasteiger partial charge in [0.25, 0.3) is 0 Å². The Labute approximate surface area is 137 Å². The molecule has 2 aromatic rings. The van der Waals surface area contributed by atoms with E-state index < -0.39 is 11.7 Å². The van der Waals surface area contributed by atoms with E-state index in [9.17, 15) is 18.0 Å². The van der Waals surface area contributed by atoms with Crippen LogP contribution in [0.2, 0.25) is 5.02 Å². The summed E-state index contributed by atoms with van der Waals surface area (Å²) >= 11 is 5.89. The van der Waals surface area contributed by atoms with Crippen LogP contribution >= 0.6 is 11.6 Å². The zero-order valence-corrected chi connectivity index (χ0v) is 13.6. The Kier molecular flexibility index (Phi) is 4.75. The highest BCUT2D eigenvalue weighted by molar-refractivity contribution is 6.33. The van der Waals surface area contributed by atoms with Gasteiger partial charge >= 0.3 is 6.18 Å². The number of Topliss-reactive ketones (excluding diaryl/α,β-unsaturated/α-hetero) is 1. The molecule has 2 rings (SSSR count). The van der Waals surface area contributed by atoms with E-state index in [0.29, 0.717) is 5.56 Å². The van der Waals surface area contributed by atoms with E-state index in [4.69, 9.17) is 11.6 Å². The van der Waals surface area contributed by atoms with Crippen LogP contribution in [0.25, 0.3) is 0 Å². The number of anilines is 1. The number of hydrogen-bond acceptors (Lipinski definition) is 2. The minimum Gasteiger partial charge on any atom is -0.376 e. The fraction of sp³-hybridized carbons (Fsp3) is 0.312. The lowest BCUT2D eigenvalue weighted by molar-refractivity contribution is -0.137. The average molecular weight is 345 g/mol. The fourth-order valence-electron chi connectivity index (χ4n) is 2.25. The maximum atomic E-state index is 12.7. The van der Waals surface area contributed by atoms with Crippen molar-refractivity contribution in [1.82, 2.24) is 4.57 Å². The van der Waals surface area contributed by atoms with Crippen LogP contribution in [0, 0.1) is 13.8 Å². The third kappa shape index (κ3) is 3.69. The summed E-state index contributed by atoms with van der Waals surface area (Å²) in [5.41, 5.74) is 1.55. The molecule has 0 aliphatic heterocycles. The number of rotatable bonds is 4. The minimum atomic E-state index is -4.46. The van der Waals surface area contributed by atoms with E-state index in [1.165, 1.54) is 0 Å². The number of carbonyl (C=O) groups is 1. The van der Waals surface area contributed by atoms with Crippen molar-refractivity contribution >= 4 is 23.1 Å². The second kappa shape index (κ2) is 6.28. The van der Waals surface area contributed by atoms with Gasteiger partial charge in [-0.15, -0.1) is 0 Å². The lowest BCUT2D eigenvalue weighted by atomic mass is 10.1. The van der Waals surface area contributed by atoms with E-state index in [-0.39, 0.29) is 23.0 Å². The quantitative estimate of drug-likeness (QED) is 0.822. The van der Waals surface area contributed by atoms with E-state index in [1.54, 1.807) is 6.07 Å². The van der Waals surface area contributed by atoms with Gasteiger partial charge in [-0.25, -0.2) is 0 Å². The van der Waals surface area contributed by atoms with Crippen LogP contribution in [0.3, 0.4) is 0 Å². The van der Waals surface area contributed by atoms with Crippen LogP contribution in [0.15, 0.2) is 24.3 Å². The number of ketones is 1. The summed E-state index contributed by atoms with van der Waals surface area (Å²) in [4.78, 5) is 12.3. The van der Waals surface area contributed by atoms with Crippen molar-refractivity contribution in [3.63, 3.8) is 0 Å². The van der Waals surface area contributed by atoms with E-state index in [0.717, 1.165) is 29.6 Å². The van der Waals surface area contributed by atoms with Crippen LogP contribution in [-0.2, 0) is 13.2 Å². The molecule has 23 heavy (non-hydrogen) atoms. The fourth-order valence-corrected chi connectivity index (χ4v) is 2.43. The summed E-state index contributed by atoms with van der Waals surface area (Å²) < 4.78 is 40.0. The first-order valence-corrected chi connectivity index (χ1v) is 7.25. The SMILES string of the molecule is Cc1cc(C(=O)CNc2cc(C(F)(F)F)ccc2Cl)c(C)n1C. The topological polar surface area (TPSA) is 34.0 Å². The maximum absolute atomic E-state index is 12.7. The standard InChI is InChI=1S/C16H16ClF3N2O/c1-9-6-12(10(2)22(9)3)15(23)8-21-14-7-11(16(18,19)20)4-5-13(14)17/h4-7,21H,8H2,1-3H3. The van der Waals surface area contributed by atoms with Crippen molar-refractivity contribution in [2.24, 2.45) is 7.05 Å². The monoisotopic (exact) mass is 344 g/mol. The maximum Gasteiger partial charge on any atom is 0.416 e. The van der Waals surface area contributed by atoms with Gasteiger partial charge in [-0.2, -0.15) is 13.2 Å². The van der Waals surface area contributed by atoms with E-state index >= 15 is 0 Å². The number of halogens is 4. The highest BCUT2D eigenvalue weighted by atomic mass is 35.5. The smallest absolute Gasteiger partial charge is 0.376 e. The zero-order valence-electron chi connectivity index (χ0n) is 12.9. The zero-order chi connectivity index (χ0) is 17.4. The van der Waals surface area contributed by atoms with Gasteiger partial charge < -0.3 is 9.88 Å². The van der Waals surface area contributed by atoms with Crippen LogP contribution < -0.4 is 5.32 Å². The van der Waals surface area contributed by atoms with Crippen molar-refractivity contribution in [3.05, 3.63) is 51.8 Å². The summed E-state index contributed by atoms with van der Waals surface area (Å²) in [6.45, 7) is 3.56. The van der Waals surface area contributed by atoms with Gasteiger partial charge in [-0.05, 0) is 38.1 Å². The Bertz CT molecular complexity index is 751. The van der Waals surface area contributed by atoms with Crippen molar-refractivity contribution in [1.29, 1.82) is 0 Å². The molecule has 1 aromatic heterocycles. The van der Waals surface area contributed by atoms with Crippen LogP contribution in [0.1, 0.15) is 27.3 Å². The molecular formula is C16H16ClF3N2O. The van der Waals surface area contributed by atoms with Gasteiger partial charge in [0, 0.05) is 24.0 Å². The Balaban J connectivity index is 2.17. The molecular weight excluding hydrogens is 329 g/mol. The van der Waals surface area contributed by atoms with Gasteiger partial charge in [0.1, 0.15) is 0 Å². The van der Waals surface area contributed by atoms with Gasteiger partial charge in [-0.1, -0.05) is 11.6 Å². The summed E-state index contributed by atoms with van der Waals surface area (Å²) in [6, 6.07) is 4.72. The highest BCUT2D eigenvalue weighted by Crippen LogP contribution is 2.33. The van der Waals surface area contributed by atoms with Gasteiger partial charge in [0.2, 0.25) is 0 Å². The number of nitrogens with zero attached hydrogens (tertiary/aromatic N) is 1. The normalized spacial score (nSPS) is 11.6. The van der Waals surface area contributed by atoms with Crippen molar-refractivity contribution in [2.75, 3.05) is 11.9 Å². The first kappa shape index (κ1) is 17.4. The van der Waals surface area contributed by atoms with Crippen molar-refractivity contribution in [2.45, 2.75) is 20.0 Å². The summed E-state index contributed by atoms with van der Waals surface area (Å²) in [5, 5.41) is 2.82. The second-order valence-electron chi connectivity index (χ2n) is 5.31. The average Bonchev–Trinajstić information content (AvgIpc) is 2.72. The molecule has 124 valence electrons. The summed E-state index contributed by atoms with van der Waals surface area (Å²) in [5.74, 6) is -0.209. The Morgan fingerprint density at radius 3 is 2.43 bits per heavy atom. The molecule has 0 radical (unpaired) electrons. The first-order chi connectivity index (χ1) is 10.6. The summed E-state index contributed by atoms with van der Waals surface area (Å²) in [7, 11) is 1.85. The molecule has 0 saturated heterocycles. The number of carbonyl (C=O) groups excluding carboxylic acids is 1. The molecule has 0 fully saturated rings. The first-order valence-electron chi connectivity index (χ1n) is 6.88. The van der Waals surface area contributed by atoms with Crippen LogP contribution in [-0.4, -0.2) is 16.9 Å². The lowest BCUT2D eigenvalue weighted by Gasteiger charge is -2.12. The Morgan fingerprint density at radius 1 is 1.26 bits per heavy atom. The molecule has 0 saturated carbocycles. The predicted molar refractivity (Wildman–Crippen MR) is 84.2 cm³/mol. The molecule has 3 nitrogen and oxygen atoms in total. The Hall–Kier alpha value is -1.95. The largest absolute Gasteiger partial charge is 0.416 e. The molecule has 0 atom stereocenters. The van der Waals surface area contributed by atoms with Crippen LogP contribution in [0.4, 0.5) is 18.9 Å². The molecule has 1 aromatic carbocycles. The van der Waals surface area contributed by atoms with Crippen molar-refractivity contribution in [3.8, 4) is 0 Å². The molecule has 0 spiro atoms. The molecule has 0 aliphatic carbocycles. The lowest BCUT2D eigenvalue weighted by Crippen LogP contribution is -2.15. The number of nitrogens with one attached hydrogen (secondary N) is 1. The molecule has 1 N–H and O–H groups in total. The number of aromatic nitrogens is 1. The number of benzene rings is 1. The number of aryl methyl sites for hydroxylation is 1. The molecule has 0 amide bonds. The molecule has 1 heterocycles. The van der Waals surface area contributed by atoms with E-state index in [1.807, 2.05) is 25.5 Å². The molecule has 7 heteroatoms. The third-order valence-corrected chi connectivity index (χ3v) is 4.14. The Morgan fingerprint density at radius 2 is 1.91 bits per heavy atom. The third-order valence-electron chi connectivity index (χ3n) is 3.81. The molecule has 0 unspecified atom stereocenters. The highest BCUT2D eigenvalue weighted by Gasteiger charge is 2.31. The van der Waals surface area contributed by atoms with E-state index in [2.05, 4.69) is 5.32 Å². The van der Waals surface area contributed by atoms with Crippen molar-refractivity contribution < 1.29 is 18.0 Å². The minimum absolute atomic E-state index is 0.0835. The predicted octanol–water partition coefficient (Wildman–Crippen LogP) is 4.61. The number of alkyl halides is 3. The summed E-state index contributed by atoms with van der Waals surface area (Å²) in [6.07, 6.45) is -4.46. The molecule has 0 aliphatic rings. The van der Waals surface area contributed by atoms with Crippen LogP contribution in [0.5, 0.6) is 0 Å². The molecule has 0 bridgehead atoms.